The Morgan fingerprint density at radius 2 is 1.89 bits per heavy atom. The van der Waals surface area contributed by atoms with Crippen LogP contribution in [-0.4, -0.2) is 46.5 Å². The first kappa shape index (κ1) is 19.9. The highest BCUT2D eigenvalue weighted by Gasteiger charge is 2.14. The fourth-order valence-corrected chi connectivity index (χ4v) is 2.88. The molecule has 28 heavy (non-hydrogen) atoms. The third-order valence-corrected chi connectivity index (χ3v) is 4.39. The maximum Gasteiger partial charge on any atom is 0.144 e. The van der Waals surface area contributed by atoms with Gasteiger partial charge in [0, 0.05) is 50.8 Å². The van der Waals surface area contributed by atoms with Crippen LogP contribution < -0.4 is 10.6 Å². The van der Waals surface area contributed by atoms with Gasteiger partial charge in [-0.05, 0) is 36.9 Å². The topological polar surface area (TPSA) is 66.0 Å². The lowest BCUT2D eigenvalue weighted by Gasteiger charge is -2.25. The minimum atomic E-state index is -0.228. The largest absolute Gasteiger partial charge is 0.368 e. The molecule has 0 amide bonds. The van der Waals surface area contributed by atoms with Crippen LogP contribution in [0.1, 0.15) is 17.3 Å². The molecular weight excluding hydrogens is 355 g/mol. The van der Waals surface area contributed by atoms with E-state index in [0.29, 0.717) is 6.54 Å². The summed E-state index contributed by atoms with van der Waals surface area (Å²) in [6, 6.07) is 12.6. The molecule has 6 nitrogen and oxygen atoms in total. The SMILES string of the molecule is CN(CCNc1cnccn1)CC(NCc1ccccn1)c1ccc(F)cc1. The minimum Gasteiger partial charge on any atom is -0.368 e. The monoisotopic (exact) mass is 380 g/mol. The molecule has 0 fully saturated rings. The average molecular weight is 380 g/mol. The first-order valence-electron chi connectivity index (χ1n) is 9.28. The van der Waals surface area contributed by atoms with E-state index in [-0.39, 0.29) is 11.9 Å². The maximum absolute atomic E-state index is 13.3. The van der Waals surface area contributed by atoms with Crippen molar-refractivity contribution in [1.29, 1.82) is 0 Å². The quantitative estimate of drug-likeness (QED) is 0.564. The summed E-state index contributed by atoms with van der Waals surface area (Å²) in [5.74, 6) is 0.535. The fraction of sp³-hybridized carbons (Fsp3) is 0.286. The summed E-state index contributed by atoms with van der Waals surface area (Å²) in [6.45, 7) is 3.01. The van der Waals surface area contributed by atoms with Crippen molar-refractivity contribution in [1.82, 2.24) is 25.2 Å². The smallest absolute Gasteiger partial charge is 0.144 e. The van der Waals surface area contributed by atoms with E-state index in [1.54, 1.807) is 24.8 Å². The lowest BCUT2D eigenvalue weighted by molar-refractivity contribution is 0.298. The molecule has 0 saturated heterocycles. The third kappa shape index (κ3) is 6.37. The molecular formula is C21H25FN6. The number of nitrogens with zero attached hydrogens (tertiary/aromatic N) is 4. The number of likely N-dealkylation sites (N-methyl/N-ethyl adjacent to an activating group) is 1. The second kappa shape index (κ2) is 10.4. The molecule has 0 aliphatic rings. The van der Waals surface area contributed by atoms with Crippen LogP contribution >= 0.6 is 0 Å². The summed E-state index contributed by atoms with van der Waals surface area (Å²) in [6.07, 6.45) is 6.81. The summed E-state index contributed by atoms with van der Waals surface area (Å²) in [7, 11) is 2.07. The van der Waals surface area contributed by atoms with Gasteiger partial charge in [0.25, 0.3) is 0 Å². The van der Waals surface area contributed by atoms with Gasteiger partial charge in [-0.2, -0.15) is 0 Å². The van der Waals surface area contributed by atoms with Gasteiger partial charge in [-0.1, -0.05) is 18.2 Å². The van der Waals surface area contributed by atoms with Gasteiger partial charge in [0.2, 0.25) is 0 Å². The fourth-order valence-electron chi connectivity index (χ4n) is 2.88. The molecule has 1 unspecified atom stereocenters. The highest BCUT2D eigenvalue weighted by atomic mass is 19.1. The van der Waals surface area contributed by atoms with Crippen molar-refractivity contribution in [2.45, 2.75) is 12.6 Å². The van der Waals surface area contributed by atoms with Crippen molar-refractivity contribution in [2.75, 3.05) is 32.0 Å². The lowest BCUT2D eigenvalue weighted by Crippen LogP contribution is -2.35. The number of anilines is 1. The van der Waals surface area contributed by atoms with Crippen LogP contribution in [0.2, 0.25) is 0 Å². The molecule has 0 saturated carbocycles. The zero-order valence-electron chi connectivity index (χ0n) is 15.9. The maximum atomic E-state index is 13.3. The first-order chi connectivity index (χ1) is 13.7. The van der Waals surface area contributed by atoms with E-state index in [1.807, 2.05) is 30.3 Å². The Kier molecular flexibility index (Phi) is 7.40. The zero-order chi connectivity index (χ0) is 19.6. The predicted molar refractivity (Wildman–Crippen MR) is 108 cm³/mol. The van der Waals surface area contributed by atoms with Crippen molar-refractivity contribution in [2.24, 2.45) is 0 Å². The van der Waals surface area contributed by atoms with Crippen molar-refractivity contribution in [3.05, 3.63) is 84.3 Å². The second-order valence-corrected chi connectivity index (χ2v) is 6.59. The Balaban J connectivity index is 1.56. The van der Waals surface area contributed by atoms with Crippen LogP contribution in [-0.2, 0) is 6.54 Å². The standard InChI is InChI=1S/C21H25FN6/c1-28(13-12-26-21-15-23-10-11-25-21)16-20(17-5-7-18(22)8-6-17)27-14-19-4-2-3-9-24-19/h2-11,15,20,27H,12-14,16H2,1H3,(H,25,26). The van der Waals surface area contributed by atoms with E-state index in [4.69, 9.17) is 0 Å². The molecule has 1 atom stereocenters. The Morgan fingerprint density at radius 1 is 1.04 bits per heavy atom. The highest BCUT2D eigenvalue weighted by molar-refractivity contribution is 5.29. The van der Waals surface area contributed by atoms with E-state index in [0.717, 1.165) is 36.7 Å². The molecule has 2 heterocycles. The van der Waals surface area contributed by atoms with Gasteiger partial charge < -0.3 is 15.5 Å². The normalized spacial score (nSPS) is 12.1. The highest BCUT2D eigenvalue weighted by Crippen LogP contribution is 2.16. The van der Waals surface area contributed by atoms with Crippen LogP contribution in [0.5, 0.6) is 0 Å². The summed E-state index contributed by atoms with van der Waals surface area (Å²) in [5, 5.41) is 6.80. The number of hydrogen-bond acceptors (Lipinski definition) is 6. The molecule has 0 radical (unpaired) electrons. The van der Waals surface area contributed by atoms with Gasteiger partial charge >= 0.3 is 0 Å². The van der Waals surface area contributed by atoms with Gasteiger partial charge in [-0.25, -0.2) is 9.37 Å². The minimum absolute atomic E-state index is 0.0594. The lowest BCUT2D eigenvalue weighted by atomic mass is 10.1. The molecule has 7 heteroatoms. The van der Waals surface area contributed by atoms with Crippen LogP contribution in [0.25, 0.3) is 0 Å². The molecule has 0 aliphatic carbocycles. The number of nitrogens with one attached hydrogen (secondary N) is 2. The van der Waals surface area contributed by atoms with Gasteiger partial charge in [0.05, 0.1) is 11.9 Å². The Bertz CT molecular complexity index is 813. The summed E-state index contributed by atoms with van der Waals surface area (Å²) in [4.78, 5) is 14.8. The molecule has 0 bridgehead atoms. The number of benzene rings is 1. The van der Waals surface area contributed by atoms with Crippen molar-refractivity contribution < 1.29 is 4.39 Å². The van der Waals surface area contributed by atoms with Gasteiger partial charge in [-0.15, -0.1) is 0 Å². The van der Waals surface area contributed by atoms with E-state index < -0.39 is 0 Å². The molecule has 1 aromatic carbocycles. The van der Waals surface area contributed by atoms with E-state index >= 15 is 0 Å². The molecule has 2 aromatic heterocycles. The number of hydrogen-bond donors (Lipinski definition) is 2. The Morgan fingerprint density at radius 3 is 2.61 bits per heavy atom. The van der Waals surface area contributed by atoms with Gasteiger partial charge in [-0.3, -0.25) is 9.97 Å². The first-order valence-corrected chi connectivity index (χ1v) is 9.28. The number of rotatable bonds is 10. The van der Waals surface area contributed by atoms with Gasteiger partial charge in [0.15, 0.2) is 0 Å². The summed E-state index contributed by atoms with van der Waals surface area (Å²) < 4.78 is 13.3. The van der Waals surface area contributed by atoms with Crippen molar-refractivity contribution >= 4 is 5.82 Å². The van der Waals surface area contributed by atoms with Crippen molar-refractivity contribution in [3.8, 4) is 0 Å². The zero-order valence-corrected chi connectivity index (χ0v) is 15.9. The van der Waals surface area contributed by atoms with Crippen LogP contribution in [0.4, 0.5) is 10.2 Å². The Hall–Kier alpha value is -2.90. The predicted octanol–water partition coefficient (Wildman–Crippen LogP) is 2.89. The van der Waals surface area contributed by atoms with E-state index in [9.17, 15) is 4.39 Å². The van der Waals surface area contributed by atoms with Gasteiger partial charge in [0.1, 0.15) is 11.6 Å². The average Bonchev–Trinajstić information content (AvgIpc) is 2.73. The van der Waals surface area contributed by atoms with Crippen LogP contribution in [0.3, 0.4) is 0 Å². The third-order valence-electron chi connectivity index (χ3n) is 4.39. The molecule has 2 N–H and O–H groups in total. The van der Waals surface area contributed by atoms with Crippen LogP contribution in [0.15, 0.2) is 67.3 Å². The van der Waals surface area contributed by atoms with E-state index in [2.05, 4.69) is 37.5 Å². The number of halogens is 1. The van der Waals surface area contributed by atoms with Crippen molar-refractivity contribution in [3.63, 3.8) is 0 Å². The molecule has 3 aromatic rings. The molecule has 0 aliphatic heterocycles. The molecule has 146 valence electrons. The van der Waals surface area contributed by atoms with E-state index in [1.165, 1.54) is 12.1 Å². The molecule has 3 rings (SSSR count). The molecule has 0 spiro atoms. The summed E-state index contributed by atoms with van der Waals surface area (Å²) in [5.41, 5.74) is 2.02. The second-order valence-electron chi connectivity index (χ2n) is 6.59. The summed E-state index contributed by atoms with van der Waals surface area (Å²) >= 11 is 0. The number of aromatic nitrogens is 3. The van der Waals surface area contributed by atoms with Crippen LogP contribution in [0, 0.1) is 5.82 Å². The Labute approximate surface area is 164 Å². The number of pyridine rings is 1.